The fourth-order valence-electron chi connectivity index (χ4n) is 0.765. The Kier molecular flexibility index (Phi) is 2.02. The van der Waals surface area contributed by atoms with Gasteiger partial charge >= 0.3 is 0 Å². The third-order valence-corrected chi connectivity index (χ3v) is 1.91. The normalized spacial score (nSPS) is 9.18. The molecule has 0 spiro atoms. The Hall–Kier alpha value is -1.20. The van der Waals surface area contributed by atoms with Crippen LogP contribution in [0, 0.1) is 18.3 Å². The highest BCUT2D eigenvalue weighted by Crippen LogP contribution is 2.22. The fourth-order valence-corrected chi connectivity index (χ4v) is 0.991. The fraction of sp³-hybridized carbons (Fsp3) is 0.125. The lowest BCUT2D eigenvalue weighted by molar-refractivity contribution is 1.43. The van der Waals surface area contributed by atoms with Gasteiger partial charge in [-0.25, -0.2) is 0 Å². The summed E-state index contributed by atoms with van der Waals surface area (Å²) in [5, 5.41) is 9.06. The lowest BCUT2D eigenvalue weighted by Crippen LogP contribution is -1.91. The Morgan fingerprint density at radius 1 is 1.55 bits per heavy atom. The van der Waals surface area contributed by atoms with E-state index in [-0.39, 0.29) is 0 Å². The number of hydrogen-bond acceptors (Lipinski definition) is 2. The Bertz CT molecular complexity index is 302. The van der Waals surface area contributed by atoms with Crippen molar-refractivity contribution >= 4 is 17.3 Å². The van der Waals surface area contributed by atoms with Gasteiger partial charge in [-0.05, 0) is 24.6 Å². The van der Waals surface area contributed by atoms with Crippen LogP contribution >= 0.6 is 11.6 Å². The van der Waals surface area contributed by atoms with Crippen LogP contribution in [0.4, 0.5) is 5.69 Å². The number of nitrogens with two attached hydrogens (primary N) is 1. The van der Waals surface area contributed by atoms with Crippen molar-refractivity contribution in [1.29, 1.82) is 5.26 Å². The van der Waals surface area contributed by atoms with Gasteiger partial charge in [0.1, 0.15) is 0 Å². The molecule has 1 aromatic rings. The molecule has 0 aliphatic rings. The monoisotopic (exact) mass is 166 g/mol. The number of nitriles is 1. The van der Waals surface area contributed by atoms with E-state index in [0.717, 1.165) is 5.56 Å². The SMILES string of the molecule is Cc1c(N)cc(C#N)cc1Cl. The minimum absolute atomic E-state index is 0.498. The van der Waals surface area contributed by atoms with Crippen molar-refractivity contribution < 1.29 is 0 Å². The second-order valence-electron chi connectivity index (χ2n) is 2.28. The van der Waals surface area contributed by atoms with Gasteiger partial charge in [-0.3, -0.25) is 0 Å². The van der Waals surface area contributed by atoms with E-state index in [2.05, 4.69) is 0 Å². The smallest absolute Gasteiger partial charge is 0.0992 e. The van der Waals surface area contributed by atoms with E-state index in [9.17, 15) is 0 Å². The van der Waals surface area contributed by atoms with Crippen LogP contribution in [0.1, 0.15) is 11.1 Å². The molecule has 0 amide bonds. The Balaban J connectivity index is 3.35. The number of nitrogen functional groups attached to an aromatic ring is 1. The first kappa shape index (κ1) is 7.90. The maximum absolute atomic E-state index is 8.51. The maximum atomic E-state index is 8.51. The molecule has 0 heterocycles. The zero-order valence-corrected chi connectivity index (χ0v) is 6.81. The van der Waals surface area contributed by atoms with Gasteiger partial charge < -0.3 is 5.73 Å². The molecule has 11 heavy (non-hydrogen) atoms. The molecule has 0 fully saturated rings. The van der Waals surface area contributed by atoms with Gasteiger partial charge in [-0.1, -0.05) is 11.6 Å². The summed E-state index contributed by atoms with van der Waals surface area (Å²) in [6.07, 6.45) is 0. The van der Waals surface area contributed by atoms with Crippen LogP contribution in [0.2, 0.25) is 5.02 Å². The van der Waals surface area contributed by atoms with E-state index in [1.165, 1.54) is 0 Å². The molecular weight excluding hydrogens is 160 g/mol. The van der Waals surface area contributed by atoms with Gasteiger partial charge in [0.15, 0.2) is 0 Å². The van der Waals surface area contributed by atoms with Gasteiger partial charge in [0, 0.05) is 10.7 Å². The molecule has 0 aliphatic heterocycles. The summed E-state index contributed by atoms with van der Waals surface area (Å²) in [5.41, 5.74) is 7.45. The first-order chi connectivity index (χ1) is 5.15. The Morgan fingerprint density at radius 2 is 2.18 bits per heavy atom. The molecule has 0 aliphatic carbocycles. The molecule has 0 unspecified atom stereocenters. The molecule has 0 aromatic heterocycles. The number of benzene rings is 1. The van der Waals surface area contributed by atoms with E-state index in [1.807, 2.05) is 13.0 Å². The standard InChI is InChI=1S/C8H7ClN2/c1-5-7(9)2-6(4-10)3-8(5)11/h2-3H,11H2,1H3. The molecule has 1 rings (SSSR count). The first-order valence-corrected chi connectivity index (χ1v) is 3.48. The number of rotatable bonds is 0. The number of nitrogens with zero attached hydrogens (tertiary/aromatic N) is 1. The molecule has 0 saturated heterocycles. The number of hydrogen-bond donors (Lipinski definition) is 1. The van der Waals surface area contributed by atoms with Gasteiger partial charge in [0.05, 0.1) is 11.6 Å². The number of anilines is 1. The molecule has 2 N–H and O–H groups in total. The molecule has 3 heteroatoms. The predicted octanol–water partition coefficient (Wildman–Crippen LogP) is 2.10. The molecule has 1 aromatic carbocycles. The van der Waals surface area contributed by atoms with E-state index in [4.69, 9.17) is 22.6 Å². The quantitative estimate of drug-likeness (QED) is 0.600. The lowest BCUT2D eigenvalue weighted by Gasteiger charge is -2.01. The summed E-state index contributed by atoms with van der Waals surface area (Å²) in [4.78, 5) is 0. The Morgan fingerprint density at radius 3 is 2.64 bits per heavy atom. The molecule has 0 bridgehead atoms. The summed E-state index contributed by atoms with van der Waals surface area (Å²) >= 11 is 5.77. The van der Waals surface area contributed by atoms with Crippen LogP contribution < -0.4 is 5.73 Å². The summed E-state index contributed by atoms with van der Waals surface area (Å²) in [6.45, 7) is 1.82. The van der Waals surface area contributed by atoms with E-state index in [1.54, 1.807) is 12.1 Å². The van der Waals surface area contributed by atoms with Crippen LogP contribution in [0.25, 0.3) is 0 Å². The third kappa shape index (κ3) is 1.44. The van der Waals surface area contributed by atoms with E-state index >= 15 is 0 Å². The first-order valence-electron chi connectivity index (χ1n) is 3.11. The molecular formula is C8H7ClN2. The second-order valence-corrected chi connectivity index (χ2v) is 2.69. The summed E-state index contributed by atoms with van der Waals surface area (Å²) in [5.74, 6) is 0. The largest absolute Gasteiger partial charge is 0.398 e. The van der Waals surface area contributed by atoms with Crippen LogP contribution in [0.15, 0.2) is 12.1 Å². The average molecular weight is 167 g/mol. The predicted molar refractivity (Wildman–Crippen MR) is 45.3 cm³/mol. The van der Waals surface area contributed by atoms with Crippen molar-refractivity contribution in [2.45, 2.75) is 6.92 Å². The molecule has 0 radical (unpaired) electrons. The van der Waals surface area contributed by atoms with Crippen molar-refractivity contribution in [2.75, 3.05) is 5.73 Å². The van der Waals surface area contributed by atoms with Crippen LogP contribution in [-0.2, 0) is 0 Å². The molecule has 56 valence electrons. The highest BCUT2D eigenvalue weighted by Gasteiger charge is 2.01. The third-order valence-electron chi connectivity index (χ3n) is 1.51. The van der Waals surface area contributed by atoms with Crippen LogP contribution in [0.3, 0.4) is 0 Å². The van der Waals surface area contributed by atoms with Crippen molar-refractivity contribution in [3.63, 3.8) is 0 Å². The summed E-state index contributed by atoms with van der Waals surface area (Å²) in [7, 11) is 0. The van der Waals surface area contributed by atoms with Crippen LogP contribution in [0.5, 0.6) is 0 Å². The summed E-state index contributed by atoms with van der Waals surface area (Å²) < 4.78 is 0. The van der Waals surface area contributed by atoms with Crippen molar-refractivity contribution in [3.05, 3.63) is 28.3 Å². The maximum Gasteiger partial charge on any atom is 0.0992 e. The van der Waals surface area contributed by atoms with Crippen molar-refractivity contribution in [1.82, 2.24) is 0 Å². The minimum Gasteiger partial charge on any atom is -0.398 e. The van der Waals surface area contributed by atoms with Crippen molar-refractivity contribution in [3.8, 4) is 6.07 Å². The zero-order valence-electron chi connectivity index (χ0n) is 6.06. The van der Waals surface area contributed by atoms with Gasteiger partial charge in [0.2, 0.25) is 0 Å². The van der Waals surface area contributed by atoms with E-state index < -0.39 is 0 Å². The minimum atomic E-state index is 0.498. The van der Waals surface area contributed by atoms with E-state index in [0.29, 0.717) is 16.3 Å². The number of halogens is 1. The van der Waals surface area contributed by atoms with Gasteiger partial charge in [0.25, 0.3) is 0 Å². The van der Waals surface area contributed by atoms with Crippen LogP contribution in [-0.4, -0.2) is 0 Å². The highest BCUT2D eigenvalue weighted by atomic mass is 35.5. The summed E-state index contributed by atoms with van der Waals surface area (Å²) in [6, 6.07) is 5.19. The van der Waals surface area contributed by atoms with Gasteiger partial charge in [-0.2, -0.15) is 5.26 Å². The highest BCUT2D eigenvalue weighted by molar-refractivity contribution is 6.31. The zero-order chi connectivity index (χ0) is 8.43. The second kappa shape index (κ2) is 2.81. The topological polar surface area (TPSA) is 49.8 Å². The molecule has 2 nitrogen and oxygen atoms in total. The van der Waals surface area contributed by atoms with Crippen molar-refractivity contribution in [2.24, 2.45) is 0 Å². The average Bonchev–Trinajstić information content (AvgIpc) is 1.99. The molecule has 0 saturated carbocycles. The van der Waals surface area contributed by atoms with Gasteiger partial charge in [-0.15, -0.1) is 0 Å². The lowest BCUT2D eigenvalue weighted by atomic mass is 10.1. The molecule has 0 atom stereocenters. The Labute approximate surface area is 70.2 Å².